The molecule has 0 atom stereocenters. The van der Waals surface area contributed by atoms with Gasteiger partial charge in [0.15, 0.2) is 5.82 Å². The van der Waals surface area contributed by atoms with Gasteiger partial charge in [0, 0.05) is 36.0 Å². The molecule has 4 aromatic rings. The highest BCUT2D eigenvalue weighted by Crippen LogP contribution is 2.37. The first-order valence-corrected chi connectivity index (χ1v) is 9.28. The van der Waals surface area contributed by atoms with Crippen LogP contribution in [-0.4, -0.2) is 22.0 Å². The second-order valence-electron chi connectivity index (χ2n) is 6.94. The zero-order valence-electron chi connectivity index (χ0n) is 16.1. The molecule has 0 spiro atoms. The van der Waals surface area contributed by atoms with Crippen LogP contribution in [0.5, 0.6) is 0 Å². The summed E-state index contributed by atoms with van der Waals surface area (Å²) in [5, 5.41) is 4.68. The van der Waals surface area contributed by atoms with Crippen LogP contribution in [0, 0.1) is 5.82 Å². The summed E-state index contributed by atoms with van der Waals surface area (Å²) >= 11 is 0. The summed E-state index contributed by atoms with van der Waals surface area (Å²) in [5.74, 6) is 0.586. The predicted molar refractivity (Wildman–Crippen MR) is 112 cm³/mol. The highest BCUT2D eigenvalue weighted by molar-refractivity contribution is 5.99. The minimum atomic E-state index is -0.238. The maximum absolute atomic E-state index is 14.4. The number of aromatic nitrogens is 3. The summed E-state index contributed by atoms with van der Waals surface area (Å²) < 4.78 is 14.4. The van der Waals surface area contributed by atoms with Gasteiger partial charge in [-0.3, -0.25) is 4.98 Å². The van der Waals surface area contributed by atoms with E-state index in [-0.39, 0.29) is 11.7 Å². The van der Waals surface area contributed by atoms with E-state index in [9.17, 15) is 4.39 Å². The minimum Gasteiger partial charge on any atom is -0.385 e. The molecular weight excluding hydrogens is 351 g/mol. The van der Waals surface area contributed by atoms with Crippen molar-refractivity contribution in [1.29, 1.82) is 0 Å². The predicted octanol–water partition coefficient (Wildman–Crippen LogP) is 5.66. The summed E-state index contributed by atoms with van der Waals surface area (Å²) in [6.07, 6.45) is 3.46. The van der Waals surface area contributed by atoms with Crippen molar-refractivity contribution < 1.29 is 4.39 Å². The van der Waals surface area contributed by atoms with Gasteiger partial charge in [-0.05, 0) is 35.6 Å². The van der Waals surface area contributed by atoms with E-state index in [1.807, 2.05) is 37.4 Å². The van der Waals surface area contributed by atoms with Crippen molar-refractivity contribution in [2.75, 3.05) is 12.4 Å². The molecule has 1 N–H and O–H groups in total. The van der Waals surface area contributed by atoms with Gasteiger partial charge in [0.05, 0.1) is 17.1 Å². The van der Waals surface area contributed by atoms with Crippen LogP contribution >= 0.6 is 0 Å². The molecule has 0 radical (unpaired) electrons. The van der Waals surface area contributed by atoms with E-state index in [1.165, 1.54) is 6.07 Å². The molecule has 4 rings (SSSR count). The van der Waals surface area contributed by atoms with Crippen LogP contribution in [0.2, 0.25) is 0 Å². The summed E-state index contributed by atoms with van der Waals surface area (Å²) in [6.45, 7) is 4.21. The van der Waals surface area contributed by atoms with Gasteiger partial charge in [0.25, 0.3) is 0 Å². The first-order chi connectivity index (χ1) is 13.6. The molecule has 0 aliphatic heterocycles. The van der Waals surface area contributed by atoms with Crippen molar-refractivity contribution in [3.05, 3.63) is 72.4 Å². The number of nitrogens with zero attached hydrogens (tertiary/aromatic N) is 3. The molecule has 0 fully saturated rings. The summed E-state index contributed by atoms with van der Waals surface area (Å²) in [6, 6.07) is 14.6. The fourth-order valence-electron chi connectivity index (χ4n) is 3.44. The third-order valence-electron chi connectivity index (χ3n) is 4.80. The van der Waals surface area contributed by atoms with Crippen LogP contribution in [-0.2, 0) is 0 Å². The monoisotopic (exact) mass is 372 g/mol. The zero-order chi connectivity index (χ0) is 19.7. The Bertz CT molecular complexity index is 1140. The number of fused-ring (bicyclic) bond motifs is 1. The molecule has 0 aliphatic carbocycles. The highest BCUT2D eigenvalue weighted by atomic mass is 19.1. The van der Waals surface area contributed by atoms with Crippen molar-refractivity contribution in [3.8, 4) is 22.6 Å². The van der Waals surface area contributed by atoms with Gasteiger partial charge < -0.3 is 5.32 Å². The van der Waals surface area contributed by atoms with E-state index in [0.717, 1.165) is 33.6 Å². The molecule has 0 unspecified atom stereocenters. The van der Waals surface area contributed by atoms with Crippen molar-refractivity contribution in [1.82, 2.24) is 15.0 Å². The Kier molecular flexibility index (Phi) is 4.74. The molecule has 0 bridgehead atoms. The summed E-state index contributed by atoms with van der Waals surface area (Å²) in [5.41, 5.74) is 4.33. The number of hydrogen-bond acceptors (Lipinski definition) is 4. The fourth-order valence-corrected chi connectivity index (χ4v) is 3.44. The molecule has 2 heterocycles. The Labute approximate surface area is 163 Å². The van der Waals surface area contributed by atoms with Gasteiger partial charge in [0.2, 0.25) is 0 Å². The third-order valence-corrected chi connectivity index (χ3v) is 4.80. The van der Waals surface area contributed by atoms with Gasteiger partial charge in [-0.2, -0.15) is 0 Å². The molecule has 2 aromatic heterocycles. The molecular formula is C23H21FN4. The second-order valence-corrected chi connectivity index (χ2v) is 6.94. The number of hydrogen-bond donors (Lipinski definition) is 1. The molecule has 0 saturated heterocycles. The van der Waals surface area contributed by atoms with Crippen LogP contribution in [0.15, 0.2) is 60.9 Å². The third kappa shape index (κ3) is 3.09. The standard InChI is InChI=1S/C23H21FN4/c1-14(2)20-22(25-3)21(28-23(27-20)15-10-12-26-13-11-15)18-8-9-19(24)17-7-5-4-6-16(17)18/h4-14,25H,1-3H3. The van der Waals surface area contributed by atoms with E-state index >= 15 is 0 Å². The Morgan fingerprint density at radius 3 is 2.29 bits per heavy atom. The smallest absolute Gasteiger partial charge is 0.160 e. The van der Waals surface area contributed by atoms with Crippen LogP contribution in [0.1, 0.15) is 25.5 Å². The lowest BCUT2D eigenvalue weighted by Gasteiger charge is -2.18. The molecule has 0 aliphatic rings. The van der Waals surface area contributed by atoms with E-state index in [4.69, 9.17) is 9.97 Å². The van der Waals surface area contributed by atoms with Gasteiger partial charge in [0.1, 0.15) is 5.82 Å². The Balaban J connectivity index is 2.06. The average molecular weight is 372 g/mol. The number of rotatable bonds is 4. The first kappa shape index (κ1) is 18.0. The van der Waals surface area contributed by atoms with Gasteiger partial charge in [-0.1, -0.05) is 38.1 Å². The molecule has 5 heteroatoms. The van der Waals surface area contributed by atoms with E-state index in [0.29, 0.717) is 11.2 Å². The molecule has 140 valence electrons. The zero-order valence-corrected chi connectivity index (χ0v) is 16.1. The second kappa shape index (κ2) is 7.35. The maximum Gasteiger partial charge on any atom is 0.160 e. The summed E-state index contributed by atoms with van der Waals surface area (Å²) in [7, 11) is 1.87. The van der Waals surface area contributed by atoms with E-state index in [2.05, 4.69) is 24.1 Å². The normalized spacial score (nSPS) is 11.2. The number of benzene rings is 2. The van der Waals surface area contributed by atoms with Gasteiger partial charge in [-0.15, -0.1) is 0 Å². The number of pyridine rings is 1. The minimum absolute atomic E-state index is 0.191. The van der Waals surface area contributed by atoms with Crippen LogP contribution in [0.25, 0.3) is 33.4 Å². The topological polar surface area (TPSA) is 50.7 Å². The van der Waals surface area contributed by atoms with E-state index in [1.54, 1.807) is 24.5 Å². The molecule has 28 heavy (non-hydrogen) atoms. The molecule has 2 aromatic carbocycles. The molecule has 0 amide bonds. The number of anilines is 1. The Hall–Kier alpha value is -3.34. The Morgan fingerprint density at radius 1 is 0.893 bits per heavy atom. The largest absolute Gasteiger partial charge is 0.385 e. The van der Waals surface area contributed by atoms with Crippen LogP contribution in [0.4, 0.5) is 10.1 Å². The Morgan fingerprint density at radius 2 is 1.61 bits per heavy atom. The van der Waals surface area contributed by atoms with Crippen LogP contribution < -0.4 is 5.32 Å². The SMILES string of the molecule is CNc1c(-c2ccc(F)c3ccccc23)nc(-c2ccncc2)nc1C(C)C. The van der Waals surface area contributed by atoms with Crippen molar-refractivity contribution in [2.24, 2.45) is 0 Å². The number of halogens is 1. The van der Waals surface area contributed by atoms with Gasteiger partial charge in [-0.25, -0.2) is 14.4 Å². The van der Waals surface area contributed by atoms with Crippen molar-refractivity contribution in [3.63, 3.8) is 0 Å². The highest BCUT2D eigenvalue weighted by Gasteiger charge is 2.20. The first-order valence-electron chi connectivity index (χ1n) is 9.28. The quantitative estimate of drug-likeness (QED) is 0.502. The van der Waals surface area contributed by atoms with Gasteiger partial charge >= 0.3 is 0 Å². The van der Waals surface area contributed by atoms with Crippen molar-refractivity contribution >= 4 is 16.5 Å². The lowest BCUT2D eigenvalue weighted by Crippen LogP contribution is -2.07. The van der Waals surface area contributed by atoms with Crippen molar-refractivity contribution in [2.45, 2.75) is 19.8 Å². The average Bonchev–Trinajstić information content (AvgIpc) is 2.74. The molecule has 4 nitrogen and oxygen atoms in total. The molecule has 0 saturated carbocycles. The summed E-state index contributed by atoms with van der Waals surface area (Å²) in [4.78, 5) is 13.8. The lowest BCUT2D eigenvalue weighted by molar-refractivity contribution is 0.640. The lowest BCUT2D eigenvalue weighted by atomic mass is 9.97. The van der Waals surface area contributed by atoms with E-state index < -0.39 is 0 Å². The number of nitrogens with one attached hydrogen (secondary N) is 1. The van der Waals surface area contributed by atoms with Crippen LogP contribution in [0.3, 0.4) is 0 Å². The fraction of sp³-hybridized carbons (Fsp3) is 0.174. The maximum atomic E-state index is 14.4.